The van der Waals surface area contributed by atoms with Gasteiger partial charge in [-0.15, -0.1) is 12.4 Å². The number of benzene rings is 1. The Morgan fingerprint density at radius 1 is 1.00 bits per heavy atom. The number of halogens is 1. The maximum atomic E-state index is 12.6. The van der Waals surface area contributed by atoms with E-state index in [0.717, 1.165) is 30.5 Å². The Morgan fingerprint density at radius 2 is 1.57 bits per heavy atom. The number of anilines is 1. The molecule has 0 atom stereocenters. The molecule has 0 aliphatic heterocycles. The number of carbonyl (C=O) groups is 1. The number of amides is 1. The Kier molecular flexibility index (Phi) is 4.86. The number of nitrogen functional groups attached to an aromatic ring is 1. The van der Waals surface area contributed by atoms with Crippen LogP contribution in [0.2, 0.25) is 0 Å². The second kappa shape index (κ2) is 6.72. The van der Waals surface area contributed by atoms with Crippen LogP contribution in [0, 0.1) is 29.6 Å². The lowest BCUT2D eigenvalue weighted by atomic mass is 9.51. The van der Waals surface area contributed by atoms with Crippen molar-refractivity contribution in [3.63, 3.8) is 0 Å². The van der Waals surface area contributed by atoms with Gasteiger partial charge in [-0.2, -0.15) is 0 Å². The van der Waals surface area contributed by atoms with E-state index >= 15 is 0 Å². The first-order valence-corrected chi connectivity index (χ1v) is 8.81. The van der Waals surface area contributed by atoms with Crippen molar-refractivity contribution in [2.75, 3.05) is 12.3 Å². The van der Waals surface area contributed by atoms with Gasteiger partial charge in [0.1, 0.15) is 0 Å². The Balaban J connectivity index is 0.00000156. The first-order valence-electron chi connectivity index (χ1n) is 8.81. The lowest BCUT2D eigenvalue weighted by Crippen LogP contribution is -2.51. The highest BCUT2D eigenvalue weighted by Gasteiger charge is 2.50. The van der Waals surface area contributed by atoms with E-state index in [4.69, 9.17) is 5.73 Å². The molecule has 0 unspecified atom stereocenters. The molecule has 126 valence electrons. The largest absolute Gasteiger partial charge is 0.399 e. The molecule has 1 aromatic carbocycles. The molecule has 0 heterocycles. The summed E-state index contributed by atoms with van der Waals surface area (Å²) >= 11 is 0. The summed E-state index contributed by atoms with van der Waals surface area (Å²) in [6.45, 7) is 0.742. The zero-order chi connectivity index (χ0) is 15.1. The van der Waals surface area contributed by atoms with E-state index < -0.39 is 0 Å². The van der Waals surface area contributed by atoms with E-state index in [1.807, 2.05) is 24.3 Å². The summed E-state index contributed by atoms with van der Waals surface area (Å²) < 4.78 is 0. The van der Waals surface area contributed by atoms with Gasteiger partial charge < -0.3 is 11.1 Å². The maximum Gasteiger partial charge on any atom is 0.223 e. The van der Waals surface area contributed by atoms with Crippen LogP contribution in [0.15, 0.2) is 24.3 Å². The summed E-state index contributed by atoms with van der Waals surface area (Å²) in [4.78, 5) is 12.6. The Bertz CT molecular complexity index is 529. The topological polar surface area (TPSA) is 55.1 Å². The van der Waals surface area contributed by atoms with Crippen LogP contribution in [0.4, 0.5) is 5.69 Å². The lowest BCUT2D eigenvalue weighted by Gasteiger charge is -2.53. The molecule has 5 rings (SSSR count). The van der Waals surface area contributed by atoms with Gasteiger partial charge in [0.05, 0.1) is 0 Å². The fourth-order valence-electron chi connectivity index (χ4n) is 5.49. The average molecular weight is 335 g/mol. The van der Waals surface area contributed by atoms with E-state index in [0.29, 0.717) is 23.7 Å². The Labute approximate surface area is 144 Å². The molecule has 0 radical (unpaired) electrons. The average Bonchev–Trinajstić information content (AvgIpc) is 2.48. The van der Waals surface area contributed by atoms with Crippen molar-refractivity contribution in [1.29, 1.82) is 0 Å². The molecule has 1 aromatic rings. The molecule has 4 heteroatoms. The zero-order valence-electron chi connectivity index (χ0n) is 13.5. The van der Waals surface area contributed by atoms with Gasteiger partial charge in [-0.05, 0) is 79.9 Å². The third-order valence-electron chi connectivity index (χ3n) is 6.22. The molecular formula is C19H27ClN2O. The van der Waals surface area contributed by atoms with Crippen LogP contribution in [0.3, 0.4) is 0 Å². The fraction of sp³-hybridized carbons (Fsp3) is 0.632. The van der Waals surface area contributed by atoms with Crippen molar-refractivity contribution in [2.45, 2.75) is 38.5 Å². The molecule has 23 heavy (non-hydrogen) atoms. The highest BCUT2D eigenvalue weighted by atomic mass is 35.5. The van der Waals surface area contributed by atoms with Crippen molar-refractivity contribution in [3.8, 4) is 0 Å². The molecule has 3 nitrogen and oxygen atoms in total. The fourth-order valence-corrected chi connectivity index (χ4v) is 5.49. The standard InChI is InChI=1S/C19H26N2O.ClH/c20-17-3-1-12(2-4-17)5-6-21-19(22)18-15-8-13-7-14(10-15)11-16(18)9-13;/h1-4,13-16,18H,5-11,20H2,(H,21,22);1H. The van der Waals surface area contributed by atoms with Crippen LogP contribution in [-0.4, -0.2) is 12.5 Å². The number of nitrogens with one attached hydrogen (secondary N) is 1. The quantitative estimate of drug-likeness (QED) is 0.829. The molecule has 0 spiro atoms. The Morgan fingerprint density at radius 3 is 2.13 bits per heavy atom. The molecule has 4 aliphatic rings. The molecule has 0 saturated heterocycles. The van der Waals surface area contributed by atoms with Gasteiger partial charge in [0.15, 0.2) is 0 Å². The number of rotatable bonds is 4. The van der Waals surface area contributed by atoms with Crippen molar-refractivity contribution < 1.29 is 4.79 Å². The SMILES string of the molecule is Cl.Nc1ccc(CCNC(=O)C2C3CC4CC(C3)CC2C4)cc1. The number of nitrogens with two attached hydrogens (primary N) is 1. The molecule has 3 N–H and O–H groups in total. The smallest absolute Gasteiger partial charge is 0.223 e. The molecule has 4 aliphatic carbocycles. The minimum atomic E-state index is 0. The number of hydrogen-bond donors (Lipinski definition) is 2. The molecule has 4 fully saturated rings. The molecule has 4 saturated carbocycles. The van der Waals surface area contributed by atoms with Gasteiger partial charge >= 0.3 is 0 Å². The molecule has 4 bridgehead atoms. The Hall–Kier alpha value is -1.22. The van der Waals surface area contributed by atoms with E-state index in [2.05, 4.69) is 5.32 Å². The normalized spacial score (nSPS) is 34.0. The predicted octanol–water partition coefficient (Wildman–Crippen LogP) is 3.42. The first-order chi connectivity index (χ1) is 10.7. The van der Waals surface area contributed by atoms with E-state index in [1.54, 1.807) is 0 Å². The predicted molar refractivity (Wildman–Crippen MR) is 95.4 cm³/mol. The van der Waals surface area contributed by atoms with Crippen molar-refractivity contribution >= 4 is 24.0 Å². The van der Waals surface area contributed by atoms with E-state index in [9.17, 15) is 4.79 Å². The summed E-state index contributed by atoms with van der Waals surface area (Å²) in [7, 11) is 0. The summed E-state index contributed by atoms with van der Waals surface area (Å²) in [5, 5.41) is 3.20. The summed E-state index contributed by atoms with van der Waals surface area (Å²) in [6.07, 6.45) is 7.57. The third-order valence-corrected chi connectivity index (χ3v) is 6.22. The highest BCUT2D eigenvalue weighted by Crippen LogP contribution is 2.56. The second-order valence-electron chi connectivity index (χ2n) is 7.74. The van der Waals surface area contributed by atoms with E-state index in [1.165, 1.54) is 37.7 Å². The zero-order valence-corrected chi connectivity index (χ0v) is 14.4. The maximum absolute atomic E-state index is 12.6. The number of carbonyl (C=O) groups excluding carboxylic acids is 1. The van der Waals surface area contributed by atoms with Gasteiger partial charge in [0.25, 0.3) is 0 Å². The van der Waals surface area contributed by atoms with Crippen LogP contribution in [-0.2, 0) is 11.2 Å². The minimum Gasteiger partial charge on any atom is -0.399 e. The van der Waals surface area contributed by atoms with Crippen LogP contribution in [0.25, 0.3) is 0 Å². The van der Waals surface area contributed by atoms with Gasteiger partial charge in [0, 0.05) is 18.2 Å². The van der Waals surface area contributed by atoms with Crippen LogP contribution < -0.4 is 11.1 Å². The lowest BCUT2D eigenvalue weighted by molar-refractivity contribution is -0.138. The second-order valence-corrected chi connectivity index (χ2v) is 7.74. The minimum absolute atomic E-state index is 0. The highest BCUT2D eigenvalue weighted by molar-refractivity contribution is 5.85. The number of hydrogen-bond acceptors (Lipinski definition) is 2. The van der Waals surface area contributed by atoms with Crippen LogP contribution >= 0.6 is 12.4 Å². The van der Waals surface area contributed by atoms with Crippen LogP contribution in [0.5, 0.6) is 0 Å². The van der Waals surface area contributed by atoms with Crippen LogP contribution in [0.1, 0.15) is 37.7 Å². The molecule has 1 amide bonds. The van der Waals surface area contributed by atoms with Crippen molar-refractivity contribution in [1.82, 2.24) is 5.32 Å². The summed E-state index contributed by atoms with van der Waals surface area (Å²) in [5.74, 6) is 3.84. The van der Waals surface area contributed by atoms with Gasteiger partial charge in [-0.1, -0.05) is 12.1 Å². The van der Waals surface area contributed by atoms with Gasteiger partial charge in [-0.25, -0.2) is 0 Å². The van der Waals surface area contributed by atoms with Crippen molar-refractivity contribution in [2.24, 2.45) is 29.6 Å². The molecule has 0 aromatic heterocycles. The van der Waals surface area contributed by atoms with Gasteiger partial charge in [0.2, 0.25) is 5.91 Å². The molecular weight excluding hydrogens is 308 g/mol. The first kappa shape index (κ1) is 16.6. The van der Waals surface area contributed by atoms with E-state index in [-0.39, 0.29) is 12.4 Å². The van der Waals surface area contributed by atoms with Crippen molar-refractivity contribution in [3.05, 3.63) is 29.8 Å². The third kappa shape index (κ3) is 3.35. The summed E-state index contributed by atoms with van der Waals surface area (Å²) in [5.41, 5.74) is 7.73. The van der Waals surface area contributed by atoms with Gasteiger partial charge in [-0.3, -0.25) is 4.79 Å². The monoisotopic (exact) mass is 334 g/mol. The summed E-state index contributed by atoms with van der Waals surface area (Å²) in [6, 6.07) is 7.94.